The molecule has 0 saturated carbocycles. The van der Waals surface area contributed by atoms with E-state index in [0.717, 1.165) is 16.9 Å². The van der Waals surface area contributed by atoms with Crippen LogP contribution in [-0.2, 0) is 11.2 Å². The molecule has 1 heterocycles. The lowest BCUT2D eigenvalue weighted by Gasteiger charge is -2.26. The fraction of sp³-hybridized carbons (Fsp3) is 0.105. The molecule has 0 aliphatic carbocycles. The minimum Gasteiger partial charge on any atom is -0.372 e. The Kier molecular flexibility index (Phi) is 3.04. The van der Waals surface area contributed by atoms with Crippen molar-refractivity contribution in [2.24, 2.45) is 0 Å². The molecule has 1 amide bonds. The molecule has 22 heavy (non-hydrogen) atoms. The van der Waals surface area contributed by atoms with Gasteiger partial charge in [-0.3, -0.25) is 4.79 Å². The maximum absolute atomic E-state index is 12.3. The molecule has 1 aliphatic rings. The molecule has 0 bridgehead atoms. The SMILES string of the molecule is O=C1Nc2ccccc2N[C@@H]1Cc1ccc2ccccc2c1. The van der Waals surface area contributed by atoms with Crippen LogP contribution < -0.4 is 10.6 Å². The summed E-state index contributed by atoms with van der Waals surface area (Å²) >= 11 is 0. The fourth-order valence-electron chi connectivity index (χ4n) is 2.94. The van der Waals surface area contributed by atoms with E-state index in [9.17, 15) is 4.79 Å². The molecule has 0 radical (unpaired) electrons. The van der Waals surface area contributed by atoms with Crippen LogP contribution in [-0.4, -0.2) is 11.9 Å². The van der Waals surface area contributed by atoms with Gasteiger partial charge in [0.1, 0.15) is 6.04 Å². The van der Waals surface area contributed by atoms with Crippen LogP contribution in [0.1, 0.15) is 5.56 Å². The van der Waals surface area contributed by atoms with E-state index in [2.05, 4.69) is 41.0 Å². The fourth-order valence-corrected chi connectivity index (χ4v) is 2.94. The summed E-state index contributed by atoms with van der Waals surface area (Å²) in [6.07, 6.45) is 0.672. The number of benzene rings is 3. The van der Waals surface area contributed by atoms with Crippen molar-refractivity contribution in [1.82, 2.24) is 0 Å². The Balaban J connectivity index is 1.61. The van der Waals surface area contributed by atoms with Gasteiger partial charge in [0.15, 0.2) is 0 Å². The summed E-state index contributed by atoms with van der Waals surface area (Å²) in [6, 6.07) is 22.2. The average Bonchev–Trinajstić information content (AvgIpc) is 2.55. The van der Waals surface area contributed by atoms with Crippen molar-refractivity contribution in [1.29, 1.82) is 0 Å². The predicted molar refractivity (Wildman–Crippen MR) is 90.1 cm³/mol. The number of fused-ring (bicyclic) bond motifs is 2. The zero-order chi connectivity index (χ0) is 14.9. The van der Waals surface area contributed by atoms with Gasteiger partial charge in [0, 0.05) is 6.42 Å². The van der Waals surface area contributed by atoms with Crippen LogP contribution in [0.25, 0.3) is 10.8 Å². The number of anilines is 2. The molecule has 0 unspecified atom stereocenters. The first-order valence-electron chi connectivity index (χ1n) is 7.44. The van der Waals surface area contributed by atoms with Gasteiger partial charge in [-0.05, 0) is 28.5 Å². The lowest BCUT2D eigenvalue weighted by molar-refractivity contribution is -0.117. The highest BCUT2D eigenvalue weighted by Gasteiger charge is 2.25. The molecule has 3 nitrogen and oxygen atoms in total. The molecule has 3 aromatic carbocycles. The quantitative estimate of drug-likeness (QED) is 0.752. The molecular formula is C19H16N2O. The van der Waals surface area contributed by atoms with Gasteiger partial charge in [0.05, 0.1) is 11.4 Å². The molecule has 3 aromatic rings. The van der Waals surface area contributed by atoms with Crippen molar-refractivity contribution in [2.75, 3.05) is 10.6 Å². The molecule has 0 saturated heterocycles. The molecule has 2 N–H and O–H groups in total. The van der Waals surface area contributed by atoms with E-state index in [1.807, 2.05) is 36.4 Å². The standard InChI is InChI=1S/C19H16N2O/c22-19-18(20-16-7-3-4-8-17(16)21-19)12-13-9-10-14-5-1-2-6-15(14)11-13/h1-11,18,20H,12H2,(H,21,22)/t18-/m1/s1. The molecule has 108 valence electrons. The number of hydrogen-bond donors (Lipinski definition) is 2. The average molecular weight is 288 g/mol. The zero-order valence-electron chi connectivity index (χ0n) is 12.0. The summed E-state index contributed by atoms with van der Waals surface area (Å²) in [6.45, 7) is 0. The van der Waals surface area contributed by atoms with Gasteiger partial charge < -0.3 is 10.6 Å². The number of nitrogens with one attached hydrogen (secondary N) is 2. The highest BCUT2D eigenvalue weighted by molar-refractivity contribution is 6.03. The highest BCUT2D eigenvalue weighted by Crippen LogP contribution is 2.27. The van der Waals surface area contributed by atoms with Crippen molar-refractivity contribution < 1.29 is 4.79 Å². The lowest BCUT2D eigenvalue weighted by atomic mass is 9.99. The van der Waals surface area contributed by atoms with Crippen LogP contribution >= 0.6 is 0 Å². The summed E-state index contributed by atoms with van der Waals surface area (Å²) in [5, 5.41) is 8.72. The minimum atomic E-state index is -0.240. The second-order valence-corrected chi connectivity index (χ2v) is 5.62. The Morgan fingerprint density at radius 2 is 1.55 bits per heavy atom. The second-order valence-electron chi connectivity index (χ2n) is 5.62. The van der Waals surface area contributed by atoms with Crippen LogP contribution in [0, 0.1) is 0 Å². The van der Waals surface area contributed by atoms with E-state index in [-0.39, 0.29) is 11.9 Å². The Hall–Kier alpha value is -2.81. The van der Waals surface area contributed by atoms with Crippen molar-refractivity contribution >= 4 is 28.1 Å². The monoisotopic (exact) mass is 288 g/mol. The third-order valence-corrected chi connectivity index (χ3v) is 4.08. The van der Waals surface area contributed by atoms with E-state index in [0.29, 0.717) is 6.42 Å². The lowest BCUT2D eigenvalue weighted by Crippen LogP contribution is -2.40. The first kappa shape index (κ1) is 12.9. The number of hydrogen-bond acceptors (Lipinski definition) is 2. The second kappa shape index (κ2) is 5.19. The van der Waals surface area contributed by atoms with Crippen LogP contribution in [0.4, 0.5) is 11.4 Å². The minimum absolute atomic E-state index is 0.0202. The van der Waals surface area contributed by atoms with Gasteiger partial charge in [0.25, 0.3) is 0 Å². The van der Waals surface area contributed by atoms with Gasteiger partial charge >= 0.3 is 0 Å². The maximum atomic E-state index is 12.3. The van der Waals surface area contributed by atoms with Crippen LogP contribution in [0.5, 0.6) is 0 Å². The van der Waals surface area contributed by atoms with E-state index >= 15 is 0 Å². The van der Waals surface area contributed by atoms with Gasteiger partial charge in [0.2, 0.25) is 5.91 Å². The molecule has 1 aliphatic heterocycles. The van der Waals surface area contributed by atoms with Crippen molar-refractivity contribution in [2.45, 2.75) is 12.5 Å². The Bertz CT molecular complexity index is 857. The van der Waals surface area contributed by atoms with E-state index < -0.39 is 0 Å². The Morgan fingerprint density at radius 3 is 2.41 bits per heavy atom. The number of carbonyl (C=O) groups excluding carboxylic acids is 1. The van der Waals surface area contributed by atoms with Gasteiger partial charge in [-0.15, -0.1) is 0 Å². The summed E-state index contributed by atoms with van der Waals surface area (Å²) in [5.74, 6) is 0.0202. The molecule has 0 fully saturated rings. The van der Waals surface area contributed by atoms with Crippen molar-refractivity contribution in [3.63, 3.8) is 0 Å². The van der Waals surface area contributed by atoms with E-state index in [4.69, 9.17) is 0 Å². The number of para-hydroxylation sites is 2. The topological polar surface area (TPSA) is 41.1 Å². The van der Waals surface area contributed by atoms with E-state index in [1.165, 1.54) is 10.8 Å². The molecule has 0 spiro atoms. The molecule has 3 heteroatoms. The number of carbonyl (C=O) groups is 1. The van der Waals surface area contributed by atoms with E-state index in [1.54, 1.807) is 0 Å². The maximum Gasteiger partial charge on any atom is 0.247 e. The third kappa shape index (κ3) is 2.31. The highest BCUT2D eigenvalue weighted by atomic mass is 16.2. The van der Waals surface area contributed by atoms with Crippen LogP contribution in [0.3, 0.4) is 0 Å². The Labute approximate surface area is 129 Å². The number of rotatable bonds is 2. The van der Waals surface area contributed by atoms with Crippen molar-refractivity contribution in [3.05, 3.63) is 72.3 Å². The summed E-state index contributed by atoms with van der Waals surface area (Å²) in [4.78, 5) is 12.3. The molecule has 0 aromatic heterocycles. The first-order chi connectivity index (χ1) is 10.8. The molecule has 1 atom stereocenters. The molecular weight excluding hydrogens is 272 g/mol. The summed E-state index contributed by atoms with van der Waals surface area (Å²) in [5.41, 5.74) is 2.99. The normalized spacial score (nSPS) is 16.7. The summed E-state index contributed by atoms with van der Waals surface area (Å²) in [7, 11) is 0. The van der Waals surface area contributed by atoms with Gasteiger partial charge in [-0.2, -0.15) is 0 Å². The van der Waals surface area contributed by atoms with Crippen LogP contribution in [0.15, 0.2) is 66.7 Å². The Morgan fingerprint density at radius 1 is 0.818 bits per heavy atom. The predicted octanol–water partition coefficient (Wildman–Crippen LogP) is 3.82. The smallest absolute Gasteiger partial charge is 0.247 e. The van der Waals surface area contributed by atoms with Gasteiger partial charge in [-0.1, -0.05) is 54.6 Å². The number of amides is 1. The summed E-state index contributed by atoms with van der Waals surface area (Å²) < 4.78 is 0. The first-order valence-corrected chi connectivity index (χ1v) is 7.44. The van der Waals surface area contributed by atoms with Crippen LogP contribution in [0.2, 0.25) is 0 Å². The zero-order valence-corrected chi connectivity index (χ0v) is 12.0. The van der Waals surface area contributed by atoms with Gasteiger partial charge in [-0.25, -0.2) is 0 Å². The third-order valence-electron chi connectivity index (χ3n) is 4.08. The van der Waals surface area contributed by atoms with Crippen molar-refractivity contribution in [3.8, 4) is 0 Å². The largest absolute Gasteiger partial charge is 0.372 e. The molecule has 4 rings (SSSR count).